The Kier molecular flexibility index (Phi) is 5.25. The van der Waals surface area contributed by atoms with Gasteiger partial charge in [-0.05, 0) is 12.1 Å². The molecule has 0 unspecified atom stereocenters. The fraction of sp³-hybridized carbons (Fsp3) is 0.235. The Morgan fingerprint density at radius 1 is 1.32 bits per heavy atom. The Morgan fingerprint density at radius 2 is 2.11 bits per heavy atom. The average molecular weight is 386 g/mol. The number of aromatic amines is 1. The summed E-state index contributed by atoms with van der Waals surface area (Å²) in [5.74, 6) is 0.686. The van der Waals surface area contributed by atoms with E-state index >= 15 is 0 Å². The van der Waals surface area contributed by atoms with Crippen LogP contribution in [0.25, 0.3) is 11.2 Å². The lowest BCUT2D eigenvalue weighted by atomic mass is 10.2. The highest BCUT2D eigenvalue weighted by Gasteiger charge is 2.13. The van der Waals surface area contributed by atoms with Crippen LogP contribution in [0.15, 0.2) is 39.2 Å². The van der Waals surface area contributed by atoms with Gasteiger partial charge in [0.2, 0.25) is 0 Å². The van der Waals surface area contributed by atoms with Crippen LogP contribution in [0.5, 0.6) is 11.5 Å². The predicted octanol–water partition coefficient (Wildman–Crippen LogP) is -0.409. The van der Waals surface area contributed by atoms with E-state index in [0.29, 0.717) is 17.1 Å². The second kappa shape index (κ2) is 7.78. The van der Waals surface area contributed by atoms with Gasteiger partial charge in [-0.15, -0.1) is 0 Å². The van der Waals surface area contributed by atoms with Crippen LogP contribution in [0.3, 0.4) is 0 Å². The van der Waals surface area contributed by atoms with Crippen LogP contribution < -0.4 is 26.1 Å². The van der Waals surface area contributed by atoms with E-state index in [-0.39, 0.29) is 17.7 Å². The van der Waals surface area contributed by atoms with E-state index in [1.165, 1.54) is 35.8 Å². The molecule has 0 radical (unpaired) electrons. The molecular formula is C17H18N6O5. The monoisotopic (exact) mass is 386 g/mol. The van der Waals surface area contributed by atoms with Crippen molar-refractivity contribution in [2.45, 2.75) is 6.54 Å². The van der Waals surface area contributed by atoms with Crippen molar-refractivity contribution in [3.05, 3.63) is 50.9 Å². The average Bonchev–Trinajstić information content (AvgIpc) is 3.10. The van der Waals surface area contributed by atoms with E-state index < -0.39 is 17.2 Å². The topological polar surface area (TPSA) is 133 Å². The number of nitrogens with zero attached hydrogens (tertiary/aromatic N) is 4. The normalized spacial score (nSPS) is 11.1. The molecular weight excluding hydrogens is 368 g/mol. The Morgan fingerprint density at radius 3 is 2.82 bits per heavy atom. The largest absolute Gasteiger partial charge is 0.497 e. The third kappa shape index (κ3) is 3.63. The first kappa shape index (κ1) is 18.9. The number of imidazole rings is 1. The molecule has 1 amide bonds. The number of nitrogens with one attached hydrogen (secondary N) is 2. The highest BCUT2D eigenvalue weighted by atomic mass is 16.5. The number of benzene rings is 1. The van der Waals surface area contributed by atoms with Gasteiger partial charge in [-0.25, -0.2) is 15.2 Å². The van der Waals surface area contributed by atoms with Gasteiger partial charge in [-0.1, -0.05) is 0 Å². The van der Waals surface area contributed by atoms with Gasteiger partial charge in [0, 0.05) is 18.7 Å². The summed E-state index contributed by atoms with van der Waals surface area (Å²) in [4.78, 5) is 42.0. The Hall–Kier alpha value is -3.89. The molecule has 0 aliphatic rings. The summed E-state index contributed by atoms with van der Waals surface area (Å²) in [6, 6.07) is 5.16. The van der Waals surface area contributed by atoms with Gasteiger partial charge in [-0.2, -0.15) is 5.10 Å². The molecule has 0 atom stereocenters. The van der Waals surface area contributed by atoms with Crippen molar-refractivity contribution in [2.75, 3.05) is 14.2 Å². The molecule has 0 saturated carbocycles. The summed E-state index contributed by atoms with van der Waals surface area (Å²) in [5.41, 5.74) is 2.13. The molecule has 3 rings (SSSR count). The molecule has 0 aliphatic carbocycles. The summed E-state index contributed by atoms with van der Waals surface area (Å²) < 4.78 is 12.9. The summed E-state index contributed by atoms with van der Waals surface area (Å²) in [6.45, 7) is -0.200. The lowest BCUT2D eigenvalue weighted by molar-refractivity contribution is -0.121. The fourth-order valence-corrected chi connectivity index (χ4v) is 2.59. The van der Waals surface area contributed by atoms with Crippen LogP contribution in [0, 0.1) is 0 Å². The number of hydrogen-bond acceptors (Lipinski definition) is 7. The molecule has 0 bridgehead atoms. The van der Waals surface area contributed by atoms with Crippen LogP contribution in [-0.2, 0) is 18.4 Å². The van der Waals surface area contributed by atoms with Crippen molar-refractivity contribution < 1.29 is 14.3 Å². The highest BCUT2D eigenvalue weighted by molar-refractivity contribution is 5.86. The maximum Gasteiger partial charge on any atom is 0.329 e. The van der Waals surface area contributed by atoms with E-state index in [1.807, 2.05) is 0 Å². The lowest BCUT2D eigenvalue weighted by Gasteiger charge is -2.07. The maximum atomic E-state index is 12.2. The molecule has 0 fully saturated rings. The minimum absolute atomic E-state index is 0.123. The molecule has 28 heavy (non-hydrogen) atoms. The number of hydrazone groups is 1. The number of amides is 1. The molecule has 2 aromatic heterocycles. The number of rotatable bonds is 6. The van der Waals surface area contributed by atoms with Crippen molar-refractivity contribution in [1.82, 2.24) is 24.5 Å². The molecule has 2 N–H and O–H groups in total. The standard InChI is InChI=1S/C17H18N6O5/c1-22-15-14(16(25)20-17(22)26)23(9-18-15)8-13(24)21-19-7-10-4-5-11(27-2)6-12(10)28-3/h4-7,9H,8H2,1-3H3,(H,21,24)(H,20,25,26)/b19-7+. The summed E-state index contributed by atoms with van der Waals surface area (Å²) in [6.07, 6.45) is 2.74. The maximum absolute atomic E-state index is 12.2. The van der Waals surface area contributed by atoms with E-state index in [4.69, 9.17) is 9.47 Å². The van der Waals surface area contributed by atoms with Crippen molar-refractivity contribution in [2.24, 2.45) is 12.1 Å². The molecule has 11 heteroatoms. The minimum atomic E-state index is -0.616. The number of ether oxygens (including phenoxy) is 2. The van der Waals surface area contributed by atoms with Gasteiger partial charge in [0.15, 0.2) is 11.2 Å². The number of aromatic nitrogens is 4. The van der Waals surface area contributed by atoms with Crippen molar-refractivity contribution in [1.29, 1.82) is 0 Å². The van der Waals surface area contributed by atoms with Gasteiger partial charge in [-0.3, -0.25) is 19.1 Å². The molecule has 0 saturated heterocycles. The third-order valence-electron chi connectivity index (χ3n) is 4.02. The zero-order chi connectivity index (χ0) is 20.3. The van der Waals surface area contributed by atoms with Crippen LogP contribution in [0.4, 0.5) is 0 Å². The SMILES string of the molecule is COc1ccc(/C=N/NC(=O)Cn2cnc3c2c(=O)[nH]c(=O)n3C)c(OC)c1. The van der Waals surface area contributed by atoms with Crippen LogP contribution >= 0.6 is 0 Å². The van der Waals surface area contributed by atoms with Crippen molar-refractivity contribution >= 4 is 23.3 Å². The Labute approximate surface area is 158 Å². The molecule has 146 valence electrons. The number of methoxy groups -OCH3 is 2. The Balaban J connectivity index is 1.74. The third-order valence-corrected chi connectivity index (χ3v) is 4.02. The molecule has 3 aromatic rings. The molecule has 2 heterocycles. The van der Waals surface area contributed by atoms with Crippen LogP contribution in [0.2, 0.25) is 0 Å². The first-order valence-electron chi connectivity index (χ1n) is 8.12. The van der Waals surface area contributed by atoms with E-state index in [1.54, 1.807) is 25.3 Å². The number of aryl methyl sites for hydroxylation is 1. The van der Waals surface area contributed by atoms with Crippen molar-refractivity contribution in [3.63, 3.8) is 0 Å². The second-order valence-electron chi connectivity index (χ2n) is 5.76. The van der Waals surface area contributed by atoms with Crippen molar-refractivity contribution in [3.8, 4) is 11.5 Å². The first-order chi connectivity index (χ1) is 13.4. The fourth-order valence-electron chi connectivity index (χ4n) is 2.59. The molecule has 0 spiro atoms. The molecule has 1 aromatic carbocycles. The second-order valence-corrected chi connectivity index (χ2v) is 5.76. The van der Waals surface area contributed by atoms with Gasteiger partial charge in [0.25, 0.3) is 11.5 Å². The van der Waals surface area contributed by atoms with Gasteiger partial charge >= 0.3 is 5.69 Å². The lowest BCUT2D eigenvalue weighted by Crippen LogP contribution is -2.30. The van der Waals surface area contributed by atoms with Gasteiger partial charge in [0.05, 0.1) is 26.8 Å². The van der Waals surface area contributed by atoms with E-state index in [0.717, 1.165) is 0 Å². The predicted molar refractivity (Wildman–Crippen MR) is 101 cm³/mol. The van der Waals surface area contributed by atoms with Gasteiger partial charge in [0.1, 0.15) is 18.0 Å². The smallest absolute Gasteiger partial charge is 0.329 e. The minimum Gasteiger partial charge on any atom is -0.497 e. The zero-order valence-corrected chi connectivity index (χ0v) is 15.4. The molecule has 11 nitrogen and oxygen atoms in total. The quantitative estimate of drug-likeness (QED) is 0.437. The number of fused-ring (bicyclic) bond motifs is 1. The number of H-pyrrole nitrogens is 1. The first-order valence-corrected chi connectivity index (χ1v) is 8.12. The van der Waals surface area contributed by atoms with E-state index in [2.05, 4.69) is 20.5 Å². The number of carbonyl (C=O) groups is 1. The van der Waals surface area contributed by atoms with Crippen LogP contribution in [0.1, 0.15) is 5.56 Å². The van der Waals surface area contributed by atoms with Crippen LogP contribution in [-0.4, -0.2) is 45.4 Å². The van der Waals surface area contributed by atoms with Gasteiger partial charge < -0.3 is 14.0 Å². The summed E-state index contributed by atoms with van der Waals surface area (Å²) in [7, 11) is 4.54. The van der Waals surface area contributed by atoms with E-state index in [9.17, 15) is 14.4 Å². The number of carbonyl (C=O) groups excluding carboxylic acids is 1. The summed E-state index contributed by atoms with van der Waals surface area (Å²) in [5, 5.41) is 3.90. The number of hydrogen-bond donors (Lipinski definition) is 2. The highest BCUT2D eigenvalue weighted by Crippen LogP contribution is 2.22. The molecule has 0 aliphatic heterocycles. The zero-order valence-electron chi connectivity index (χ0n) is 15.4. The Bertz CT molecular complexity index is 1170. The summed E-state index contributed by atoms with van der Waals surface area (Å²) >= 11 is 0.